The van der Waals surface area contributed by atoms with Crippen LogP contribution in [0, 0.1) is 5.92 Å². The third kappa shape index (κ3) is 4.03. The van der Waals surface area contributed by atoms with Gasteiger partial charge in [0.25, 0.3) is 0 Å². The van der Waals surface area contributed by atoms with Gasteiger partial charge in [0.1, 0.15) is 0 Å². The van der Waals surface area contributed by atoms with Gasteiger partial charge in [-0.15, -0.1) is 0 Å². The molecule has 19 heavy (non-hydrogen) atoms. The molecule has 106 valence electrons. The Morgan fingerprint density at radius 3 is 2.74 bits per heavy atom. The van der Waals surface area contributed by atoms with Gasteiger partial charge in [0.2, 0.25) is 0 Å². The molecule has 1 aliphatic rings. The van der Waals surface area contributed by atoms with Crippen molar-refractivity contribution >= 4 is 31.9 Å². The maximum Gasteiger partial charge on any atom is 0.0320 e. The second kappa shape index (κ2) is 7.21. The van der Waals surface area contributed by atoms with Crippen LogP contribution in [0.3, 0.4) is 0 Å². The smallest absolute Gasteiger partial charge is 0.0320 e. The summed E-state index contributed by atoms with van der Waals surface area (Å²) in [6.07, 6.45) is 3.85. The Balaban J connectivity index is 2.03. The van der Waals surface area contributed by atoms with Crippen LogP contribution < -0.4 is 5.73 Å². The number of likely N-dealkylation sites (tertiary alicyclic amines) is 1. The monoisotopic (exact) mass is 388 g/mol. The van der Waals surface area contributed by atoms with E-state index in [2.05, 4.69) is 61.9 Å². The molecule has 2 atom stereocenters. The van der Waals surface area contributed by atoms with Gasteiger partial charge < -0.3 is 5.73 Å². The summed E-state index contributed by atoms with van der Waals surface area (Å²) in [7, 11) is 0. The van der Waals surface area contributed by atoms with E-state index in [0.717, 1.165) is 28.0 Å². The first-order valence-corrected chi connectivity index (χ1v) is 8.60. The highest BCUT2D eigenvalue weighted by molar-refractivity contribution is 9.13. The molecule has 1 fully saturated rings. The molecule has 2 unspecified atom stereocenters. The summed E-state index contributed by atoms with van der Waals surface area (Å²) in [5, 5.41) is 0. The Hall–Kier alpha value is 0.1000. The lowest BCUT2D eigenvalue weighted by Gasteiger charge is -2.39. The Kier molecular flexibility index (Phi) is 5.87. The predicted octanol–water partition coefficient (Wildman–Crippen LogP) is 4.16. The van der Waals surface area contributed by atoms with Gasteiger partial charge in [0.15, 0.2) is 0 Å². The molecule has 0 aliphatic carbocycles. The lowest BCUT2D eigenvalue weighted by Crippen LogP contribution is -2.46. The summed E-state index contributed by atoms with van der Waals surface area (Å²) < 4.78 is 2.23. The fourth-order valence-electron chi connectivity index (χ4n) is 2.88. The number of halogens is 2. The van der Waals surface area contributed by atoms with E-state index in [0.29, 0.717) is 6.04 Å². The Morgan fingerprint density at radius 2 is 2.11 bits per heavy atom. The van der Waals surface area contributed by atoms with Crippen molar-refractivity contribution in [1.29, 1.82) is 0 Å². The van der Waals surface area contributed by atoms with E-state index in [1.807, 2.05) is 0 Å². The summed E-state index contributed by atoms with van der Waals surface area (Å²) in [5.41, 5.74) is 7.31. The number of nitrogens with two attached hydrogens (primary N) is 1. The first kappa shape index (κ1) is 15.5. The van der Waals surface area contributed by atoms with Crippen LogP contribution in [0.1, 0.15) is 31.7 Å². The van der Waals surface area contributed by atoms with Gasteiger partial charge in [0.05, 0.1) is 0 Å². The van der Waals surface area contributed by atoms with Crippen molar-refractivity contribution in [3.8, 4) is 0 Å². The van der Waals surface area contributed by atoms with Crippen LogP contribution in [0.5, 0.6) is 0 Å². The van der Waals surface area contributed by atoms with E-state index in [9.17, 15) is 0 Å². The summed E-state index contributed by atoms with van der Waals surface area (Å²) >= 11 is 7.09. The Bertz CT molecular complexity index is 423. The Morgan fingerprint density at radius 1 is 1.32 bits per heavy atom. The fourth-order valence-corrected chi connectivity index (χ4v) is 3.55. The van der Waals surface area contributed by atoms with Gasteiger partial charge >= 0.3 is 0 Å². The van der Waals surface area contributed by atoms with Crippen LogP contribution in [0.4, 0.5) is 0 Å². The van der Waals surface area contributed by atoms with Crippen LogP contribution in [-0.4, -0.2) is 24.0 Å². The van der Waals surface area contributed by atoms with Crippen molar-refractivity contribution in [3.05, 3.63) is 32.7 Å². The lowest BCUT2D eigenvalue weighted by molar-refractivity contribution is 0.107. The molecule has 0 radical (unpaired) electrons. The van der Waals surface area contributed by atoms with Crippen LogP contribution in [0.15, 0.2) is 27.1 Å². The second-order valence-electron chi connectivity index (χ2n) is 5.41. The molecule has 1 aromatic rings. The fraction of sp³-hybridized carbons (Fsp3) is 0.600. The molecule has 0 spiro atoms. The third-order valence-electron chi connectivity index (χ3n) is 4.17. The molecular formula is C15H22Br2N2. The molecule has 1 heterocycles. The number of hydrogen-bond acceptors (Lipinski definition) is 2. The van der Waals surface area contributed by atoms with Crippen molar-refractivity contribution < 1.29 is 0 Å². The molecule has 0 saturated carbocycles. The molecule has 1 aliphatic heterocycles. The van der Waals surface area contributed by atoms with Crippen molar-refractivity contribution in [2.24, 2.45) is 11.7 Å². The third-order valence-corrected chi connectivity index (χ3v) is 6.05. The SMILES string of the molecule is CCC1CCN(Cc2ccc(Br)c(Br)c2)C(CN)C1. The Labute approximate surface area is 133 Å². The highest BCUT2D eigenvalue weighted by Crippen LogP contribution is 2.28. The maximum atomic E-state index is 5.96. The molecule has 2 rings (SSSR count). The zero-order valence-electron chi connectivity index (χ0n) is 11.4. The van der Waals surface area contributed by atoms with Crippen molar-refractivity contribution in [2.75, 3.05) is 13.1 Å². The first-order valence-electron chi connectivity index (χ1n) is 7.02. The van der Waals surface area contributed by atoms with Gasteiger partial charge in [-0.05, 0) is 74.9 Å². The molecule has 2 N–H and O–H groups in total. The summed E-state index contributed by atoms with van der Waals surface area (Å²) in [6.45, 7) is 5.24. The van der Waals surface area contributed by atoms with E-state index in [-0.39, 0.29) is 0 Å². The molecule has 0 bridgehead atoms. The average Bonchev–Trinajstić information content (AvgIpc) is 2.43. The van der Waals surface area contributed by atoms with Crippen LogP contribution >= 0.6 is 31.9 Å². The minimum Gasteiger partial charge on any atom is -0.329 e. The minimum atomic E-state index is 0.543. The topological polar surface area (TPSA) is 29.3 Å². The van der Waals surface area contributed by atoms with E-state index < -0.39 is 0 Å². The van der Waals surface area contributed by atoms with Gasteiger partial charge in [-0.3, -0.25) is 4.90 Å². The second-order valence-corrected chi connectivity index (χ2v) is 7.12. The van der Waals surface area contributed by atoms with Gasteiger partial charge in [-0.25, -0.2) is 0 Å². The van der Waals surface area contributed by atoms with E-state index >= 15 is 0 Å². The van der Waals surface area contributed by atoms with Crippen LogP contribution in [0.2, 0.25) is 0 Å². The molecular weight excluding hydrogens is 368 g/mol. The molecule has 2 nitrogen and oxygen atoms in total. The van der Waals surface area contributed by atoms with E-state index in [1.54, 1.807) is 0 Å². The quantitative estimate of drug-likeness (QED) is 0.837. The standard InChI is InChI=1S/C15H22Br2N2/c1-2-11-5-6-19(13(7-11)9-18)10-12-3-4-14(16)15(17)8-12/h3-4,8,11,13H,2,5-7,9-10,18H2,1H3. The number of rotatable bonds is 4. The number of nitrogens with zero attached hydrogens (tertiary/aromatic N) is 1. The summed E-state index contributed by atoms with van der Waals surface area (Å²) in [4.78, 5) is 2.54. The van der Waals surface area contributed by atoms with Crippen LogP contribution in [0.25, 0.3) is 0 Å². The molecule has 4 heteroatoms. The average molecular weight is 390 g/mol. The van der Waals surface area contributed by atoms with E-state index in [1.165, 1.54) is 31.4 Å². The zero-order valence-corrected chi connectivity index (χ0v) is 14.6. The van der Waals surface area contributed by atoms with Gasteiger partial charge in [-0.2, -0.15) is 0 Å². The molecule has 0 aromatic heterocycles. The van der Waals surface area contributed by atoms with Crippen molar-refractivity contribution in [3.63, 3.8) is 0 Å². The minimum absolute atomic E-state index is 0.543. The zero-order chi connectivity index (χ0) is 13.8. The summed E-state index contributed by atoms with van der Waals surface area (Å²) in [6, 6.07) is 7.04. The summed E-state index contributed by atoms with van der Waals surface area (Å²) in [5.74, 6) is 0.862. The largest absolute Gasteiger partial charge is 0.329 e. The highest BCUT2D eigenvalue weighted by Gasteiger charge is 2.26. The molecule has 1 aromatic carbocycles. The van der Waals surface area contributed by atoms with Crippen molar-refractivity contribution in [1.82, 2.24) is 4.90 Å². The maximum absolute atomic E-state index is 5.96. The normalized spacial score (nSPS) is 24.6. The molecule has 1 saturated heterocycles. The van der Waals surface area contributed by atoms with Gasteiger partial charge in [-0.1, -0.05) is 19.4 Å². The number of hydrogen-bond donors (Lipinski definition) is 1. The lowest BCUT2D eigenvalue weighted by atomic mass is 9.88. The predicted molar refractivity (Wildman–Crippen MR) is 88.1 cm³/mol. The van der Waals surface area contributed by atoms with Crippen LogP contribution in [-0.2, 0) is 6.54 Å². The number of piperidine rings is 1. The van der Waals surface area contributed by atoms with E-state index in [4.69, 9.17) is 5.73 Å². The number of benzene rings is 1. The van der Waals surface area contributed by atoms with Gasteiger partial charge in [0, 0.05) is 28.1 Å². The first-order chi connectivity index (χ1) is 9.13. The highest BCUT2D eigenvalue weighted by atomic mass is 79.9. The molecule has 0 amide bonds. The van der Waals surface area contributed by atoms with Crippen molar-refractivity contribution in [2.45, 2.75) is 38.8 Å².